The fraction of sp³-hybridized carbons (Fsp3) is 0.250. The molecule has 0 radical (unpaired) electrons. The van der Waals surface area contributed by atoms with Crippen LogP contribution in [-0.4, -0.2) is 10.4 Å². The molecular formula is C16H14O2S. The second-order valence-electron chi connectivity index (χ2n) is 5.06. The van der Waals surface area contributed by atoms with Crippen molar-refractivity contribution in [3.8, 4) is 5.75 Å². The van der Waals surface area contributed by atoms with E-state index < -0.39 is 0 Å². The Balaban J connectivity index is 1.58. The van der Waals surface area contributed by atoms with Gasteiger partial charge in [-0.15, -0.1) is 11.8 Å². The summed E-state index contributed by atoms with van der Waals surface area (Å²) < 4.78 is 6.08. The Bertz CT molecular complexity index is 608. The summed E-state index contributed by atoms with van der Waals surface area (Å²) in [4.78, 5) is 1.19. The van der Waals surface area contributed by atoms with Gasteiger partial charge >= 0.3 is 0 Å². The van der Waals surface area contributed by atoms with Gasteiger partial charge < -0.3 is 9.84 Å². The fourth-order valence-corrected chi connectivity index (χ4v) is 4.25. The maximum Gasteiger partial charge on any atom is 0.115 e. The van der Waals surface area contributed by atoms with E-state index in [1.54, 1.807) is 12.1 Å². The van der Waals surface area contributed by atoms with Crippen molar-refractivity contribution in [1.82, 2.24) is 0 Å². The Morgan fingerprint density at radius 1 is 1.00 bits per heavy atom. The zero-order valence-corrected chi connectivity index (χ0v) is 11.1. The van der Waals surface area contributed by atoms with E-state index in [4.69, 9.17) is 4.74 Å². The highest BCUT2D eigenvalue weighted by molar-refractivity contribution is 8.00. The summed E-state index contributed by atoms with van der Waals surface area (Å²) >= 11 is 1.85. The van der Waals surface area contributed by atoms with Crippen molar-refractivity contribution in [2.24, 2.45) is 0 Å². The van der Waals surface area contributed by atoms with Gasteiger partial charge in [-0.3, -0.25) is 0 Å². The molecule has 0 aromatic heterocycles. The molecule has 2 nitrogen and oxygen atoms in total. The summed E-state index contributed by atoms with van der Waals surface area (Å²) in [5.74, 6) is 0.318. The lowest BCUT2D eigenvalue weighted by Gasteiger charge is -2.20. The van der Waals surface area contributed by atoms with Crippen LogP contribution in [0.4, 0.5) is 0 Å². The lowest BCUT2D eigenvalue weighted by molar-refractivity contribution is 0.0728. The normalized spacial score (nSPS) is 27.5. The van der Waals surface area contributed by atoms with Crippen molar-refractivity contribution in [2.75, 3.05) is 0 Å². The molecule has 1 saturated heterocycles. The topological polar surface area (TPSA) is 29.5 Å². The minimum absolute atomic E-state index is 0.222. The largest absolute Gasteiger partial charge is 0.508 e. The van der Waals surface area contributed by atoms with Crippen LogP contribution in [0.2, 0.25) is 0 Å². The first kappa shape index (κ1) is 11.4. The molecule has 2 aromatic carbocycles. The molecule has 0 saturated carbocycles. The van der Waals surface area contributed by atoms with Gasteiger partial charge in [0.25, 0.3) is 0 Å². The smallest absolute Gasteiger partial charge is 0.115 e. The van der Waals surface area contributed by atoms with Gasteiger partial charge in [0, 0.05) is 10.1 Å². The molecule has 4 rings (SSSR count). The van der Waals surface area contributed by atoms with E-state index in [0.717, 1.165) is 6.42 Å². The van der Waals surface area contributed by atoms with E-state index in [-0.39, 0.29) is 12.2 Å². The van der Waals surface area contributed by atoms with Gasteiger partial charge in [0.2, 0.25) is 0 Å². The number of hydrogen-bond acceptors (Lipinski definition) is 3. The SMILES string of the molecule is Oc1ccc(S[C@@H]2C[C@@H]3O[C@H]2c2ccccc23)cc1. The summed E-state index contributed by atoms with van der Waals surface area (Å²) in [5, 5.41) is 9.80. The third-order valence-corrected chi connectivity index (χ3v) is 5.16. The van der Waals surface area contributed by atoms with Gasteiger partial charge in [-0.25, -0.2) is 0 Å². The van der Waals surface area contributed by atoms with Gasteiger partial charge in [0.1, 0.15) is 5.75 Å². The second kappa shape index (κ2) is 4.29. The Morgan fingerprint density at radius 2 is 1.74 bits per heavy atom. The van der Waals surface area contributed by atoms with Gasteiger partial charge in [-0.1, -0.05) is 24.3 Å². The van der Waals surface area contributed by atoms with E-state index >= 15 is 0 Å². The maximum absolute atomic E-state index is 9.32. The van der Waals surface area contributed by atoms with Gasteiger partial charge in [-0.2, -0.15) is 0 Å². The molecule has 2 bridgehead atoms. The van der Waals surface area contributed by atoms with E-state index in [9.17, 15) is 5.11 Å². The summed E-state index contributed by atoms with van der Waals surface area (Å²) in [7, 11) is 0. The lowest BCUT2D eigenvalue weighted by Crippen LogP contribution is -2.12. The average molecular weight is 270 g/mol. The molecule has 2 heterocycles. The van der Waals surface area contributed by atoms with E-state index in [0.29, 0.717) is 11.0 Å². The molecule has 3 atom stereocenters. The molecule has 2 aliphatic heterocycles. The number of fused-ring (bicyclic) bond motifs is 5. The molecule has 1 fully saturated rings. The molecule has 0 unspecified atom stereocenters. The minimum atomic E-state index is 0.222. The van der Waals surface area contributed by atoms with Crippen LogP contribution >= 0.6 is 11.8 Å². The van der Waals surface area contributed by atoms with E-state index in [1.165, 1.54) is 16.0 Å². The third-order valence-electron chi connectivity index (χ3n) is 3.87. The van der Waals surface area contributed by atoms with E-state index in [1.807, 2.05) is 23.9 Å². The van der Waals surface area contributed by atoms with Gasteiger partial charge in [0.15, 0.2) is 0 Å². The van der Waals surface area contributed by atoms with Gasteiger partial charge in [0.05, 0.1) is 12.2 Å². The molecule has 2 aliphatic rings. The second-order valence-corrected chi connectivity index (χ2v) is 6.37. The number of phenols is 1. The Morgan fingerprint density at radius 3 is 2.53 bits per heavy atom. The molecule has 1 N–H and O–H groups in total. The van der Waals surface area contributed by atoms with E-state index in [2.05, 4.69) is 24.3 Å². The predicted molar refractivity (Wildman–Crippen MR) is 75.4 cm³/mol. The minimum Gasteiger partial charge on any atom is -0.508 e. The Kier molecular flexibility index (Phi) is 2.57. The molecule has 96 valence electrons. The number of thioether (sulfide) groups is 1. The fourth-order valence-electron chi connectivity index (χ4n) is 3.00. The lowest BCUT2D eigenvalue weighted by atomic mass is 9.92. The van der Waals surface area contributed by atoms with Crippen LogP contribution in [0.1, 0.15) is 29.8 Å². The Hall–Kier alpha value is -1.45. The Labute approximate surface area is 116 Å². The first-order valence-electron chi connectivity index (χ1n) is 6.51. The van der Waals surface area contributed by atoms with Crippen molar-refractivity contribution in [3.05, 3.63) is 59.7 Å². The van der Waals surface area contributed by atoms with Crippen molar-refractivity contribution < 1.29 is 9.84 Å². The van der Waals surface area contributed by atoms with Crippen molar-refractivity contribution in [1.29, 1.82) is 0 Å². The number of aromatic hydroxyl groups is 1. The van der Waals surface area contributed by atoms with Gasteiger partial charge in [-0.05, 0) is 41.8 Å². The highest BCUT2D eigenvalue weighted by atomic mass is 32.2. The number of hydrogen-bond donors (Lipinski definition) is 1. The molecule has 0 amide bonds. The number of rotatable bonds is 2. The molecule has 19 heavy (non-hydrogen) atoms. The molecule has 0 aliphatic carbocycles. The monoisotopic (exact) mass is 270 g/mol. The van der Waals surface area contributed by atoms with Crippen LogP contribution in [-0.2, 0) is 4.74 Å². The third kappa shape index (κ3) is 1.85. The zero-order chi connectivity index (χ0) is 12.8. The van der Waals surface area contributed by atoms with Crippen molar-refractivity contribution in [3.63, 3.8) is 0 Å². The molecule has 3 heteroatoms. The summed E-state index contributed by atoms with van der Waals surface area (Å²) in [6, 6.07) is 16.0. The average Bonchev–Trinajstić information content (AvgIpc) is 3.00. The summed E-state index contributed by atoms with van der Waals surface area (Å²) in [6.45, 7) is 0. The number of benzene rings is 2. The van der Waals surface area contributed by atoms with Crippen LogP contribution < -0.4 is 0 Å². The molecular weight excluding hydrogens is 256 g/mol. The highest BCUT2D eigenvalue weighted by Gasteiger charge is 2.45. The molecule has 2 aromatic rings. The van der Waals surface area contributed by atoms with Crippen LogP contribution in [0.25, 0.3) is 0 Å². The summed E-state index contributed by atoms with van der Waals surface area (Å²) in [6.07, 6.45) is 1.57. The first-order valence-corrected chi connectivity index (χ1v) is 7.39. The quantitative estimate of drug-likeness (QED) is 0.892. The van der Waals surface area contributed by atoms with Crippen LogP contribution in [0, 0.1) is 0 Å². The number of ether oxygens (including phenoxy) is 1. The number of phenolic OH excluding ortho intramolecular Hbond substituents is 1. The van der Waals surface area contributed by atoms with Crippen LogP contribution in [0.15, 0.2) is 53.4 Å². The highest BCUT2D eigenvalue weighted by Crippen LogP contribution is 2.55. The maximum atomic E-state index is 9.32. The first-order chi connectivity index (χ1) is 9.31. The van der Waals surface area contributed by atoms with Crippen molar-refractivity contribution in [2.45, 2.75) is 28.8 Å². The zero-order valence-electron chi connectivity index (χ0n) is 10.3. The standard InChI is InChI=1S/C16H14O2S/c17-10-5-7-11(8-6-10)19-15-9-14-12-3-1-2-4-13(12)16(15)18-14/h1-8,14-17H,9H2/t14-,15+,16-/m0/s1. The van der Waals surface area contributed by atoms with Crippen molar-refractivity contribution >= 4 is 11.8 Å². The van der Waals surface area contributed by atoms with Crippen LogP contribution in [0.5, 0.6) is 5.75 Å². The summed E-state index contributed by atoms with van der Waals surface area (Å²) in [5.41, 5.74) is 2.73. The predicted octanol–water partition coefficient (Wildman–Crippen LogP) is 4.07. The van der Waals surface area contributed by atoms with Crippen LogP contribution in [0.3, 0.4) is 0 Å². The molecule has 0 spiro atoms.